The van der Waals surface area contributed by atoms with Crippen molar-refractivity contribution in [2.45, 2.75) is 34.1 Å². The maximum Gasteiger partial charge on any atom is 0.145 e. The molecule has 0 aliphatic heterocycles. The molecule has 1 atom stereocenters. The van der Waals surface area contributed by atoms with Crippen LogP contribution in [0.1, 0.15) is 30.0 Å². The lowest BCUT2D eigenvalue weighted by Gasteiger charge is -2.21. The average molecular weight is 264 g/mol. The zero-order chi connectivity index (χ0) is 14.4. The van der Waals surface area contributed by atoms with E-state index in [1.807, 2.05) is 7.05 Å². The van der Waals surface area contributed by atoms with Crippen molar-refractivity contribution in [2.75, 3.05) is 32.6 Å². The maximum absolute atomic E-state index is 5.59. The molecule has 1 rings (SSSR count). The van der Waals surface area contributed by atoms with Crippen LogP contribution in [0.25, 0.3) is 0 Å². The Labute approximate surface area is 117 Å². The van der Waals surface area contributed by atoms with E-state index in [1.54, 1.807) is 7.11 Å². The molecule has 0 saturated carbocycles. The van der Waals surface area contributed by atoms with Gasteiger partial charge in [0.05, 0.1) is 12.8 Å². The van der Waals surface area contributed by atoms with Gasteiger partial charge in [-0.3, -0.25) is 0 Å². The van der Waals surface area contributed by atoms with Crippen molar-refractivity contribution >= 4 is 5.69 Å². The van der Waals surface area contributed by atoms with Gasteiger partial charge < -0.3 is 15.4 Å². The van der Waals surface area contributed by atoms with Crippen molar-refractivity contribution in [3.63, 3.8) is 0 Å². The SMILES string of the molecule is CCC(CNC)CNc1c(C)cc(C)c(C)c1OC. The lowest BCUT2D eigenvalue weighted by Crippen LogP contribution is -2.25. The molecule has 0 aliphatic carbocycles. The van der Waals surface area contributed by atoms with E-state index in [9.17, 15) is 0 Å². The van der Waals surface area contributed by atoms with Gasteiger partial charge in [0.25, 0.3) is 0 Å². The first-order valence-electron chi connectivity index (χ1n) is 7.08. The molecule has 0 aromatic heterocycles. The summed E-state index contributed by atoms with van der Waals surface area (Å²) in [5, 5.41) is 6.82. The average Bonchev–Trinajstić information content (AvgIpc) is 2.39. The zero-order valence-electron chi connectivity index (χ0n) is 13.2. The lowest BCUT2D eigenvalue weighted by molar-refractivity contribution is 0.412. The van der Waals surface area contributed by atoms with E-state index in [0.29, 0.717) is 5.92 Å². The maximum atomic E-state index is 5.59. The molecule has 1 aromatic carbocycles. The molecule has 0 aliphatic rings. The number of anilines is 1. The number of methoxy groups -OCH3 is 1. The van der Waals surface area contributed by atoms with E-state index >= 15 is 0 Å². The quantitative estimate of drug-likeness (QED) is 0.793. The number of nitrogens with one attached hydrogen (secondary N) is 2. The van der Waals surface area contributed by atoms with Crippen molar-refractivity contribution < 1.29 is 4.74 Å². The summed E-state index contributed by atoms with van der Waals surface area (Å²) in [6.45, 7) is 10.6. The fraction of sp³-hybridized carbons (Fsp3) is 0.625. The fourth-order valence-corrected chi connectivity index (χ4v) is 2.42. The molecule has 0 bridgehead atoms. The second-order valence-electron chi connectivity index (χ2n) is 5.26. The molecular formula is C16H28N2O. The van der Waals surface area contributed by atoms with Crippen LogP contribution in [0.15, 0.2) is 6.07 Å². The minimum Gasteiger partial charge on any atom is -0.494 e. The monoisotopic (exact) mass is 264 g/mol. The molecule has 3 nitrogen and oxygen atoms in total. The first kappa shape index (κ1) is 15.8. The number of ether oxygens (including phenoxy) is 1. The van der Waals surface area contributed by atoms with Crippen molar-refractivity contribution in [3.8, 4) is 5.75 Å². The molecule has 0 amide bonds. The van der Waals surface area contributed by atoms with Crippen molar-refractivity contribution in [2.24, 2.45) is 5.92 Å². The van der Waals surface area contributed by atoms with Crippen LogP contribution >= 0.6 is 0 Å². The van der Waals surface area contributed by atoms with Gasteiger partial charge >= 0.3 is 0 Å². The number of hydrogen-bond acceptors (Lipinski definition) is 3. The van der Waals surface area contributed by atoms with E-state index in [0.717, 1.165) is 24.5 Å². The molecule has 3 heteroatoms. The summed E-state index contributed by atoms with van der Waals surface area (Å²) in [5.41, 5.74) is 4.89. The van der Waals surface area contributed by atoms with Gasteiger partial charge in [0, 0.05) is 6.54 Å². The van der Waals surface area contributed by atoms with Gasteiger partial charge in [-0.25, -0.2) is 0 Å². The first-order chi connectivity index (χ1) is 9.04. The smallest absolute Gasteiger partial charge is 0.145 e. The predicted octanol–water partition coefficient (Wildman–Crippen LogP) is 3.28. The molecule has 2 N–H and O–H groups in total. The summed E-state index contributed by atoms with van der Waals surface area (Å²) in [4.78, 5) is 0. The highest BCUT2D eigenvalue weighted by atomic mass is 16.5. The standard InChI is InChI=1S/C16H28N2O/c1-7-14(9-17-5)10-18-15-12(3)8-11(2)13(4)16(15)19-6/h8,14,17-18H,7,9-10H2,1-6H3. The van der Waals surface area contributed by atoms with Crippen LogP contribution in [0.3, 0.4) is 0 Å². The second kappa shape index (κ2) is 7.39. The third-order valence-electron chi connectivity index (χ3n) is 3.83. The Bertz CT molecular complexity index is 416. The highest BCUT2D eigenvalue weighted by molar-refractivity contribution is 5.66. The summed E-state index contributed by atoms with van der Waals surface area (Å²) in [7, 11) is 3.75. The largest absolute Gasteiger partial charge is 0.494 e. The Morgan fingerprint density at radius 3 is 2.37 bits per heavy atom. The highest BCUT2D eigenvalue weighted by Crippen LogP contribution is 2.34. The topological polar surface area (TPSA) is 33.3 Å². The van der Waals surface area contributed by atoms with Gasteiger partial charge in [-0.1, -0.05) is 19.4 Å². The van der Waals surface area contributed by atoms with Crippen molar-refractivity contribution in [1.82, 2.24) is 5.32 Å². The summed E-state index contributed by atoms with van der Waals surface area (Å²) in [6.07, 6.45) is 1.17. The summed E-state index contributed by atoms with van der Waals surface area (Å²) in [6, 6.07) is 2.22. The molecule has 0 radical (unpaired) electrons. The van der Waals surface area contributed by atoms with E-state index in [1.165, 1.54) is 23.1 Å². The molecule has 0 fully saturated rings. The lowest BCUT2D eigenvalue weighted by atomic mass is 10.0. The molecule has 108 valence electrons. The molecule has 1 aromatic rings. The van der Waals surface area contributed by atoms with Crippen LogP contribution in [0, 0.1) is 26.7 Å². The van der Waals surface area contributed by atoms with Crippen LogP contribution in [0.5, 0.6) is 5.75 Å². The number of aryl methyl sites for hydroxylation is 2. The van der Waals surface area contributed by atoms with Gasteiger partial charge in [-0.05, 0) is 57.0 Å². The van der Waals surface area contributed by atoms with E-state index in [4.69, 9.17) is 4.74 Å². The van der Waals surface area contributed by atoms with E-state index in [-0.39, 0.29) is 0 Å². The Hall–Kier alpha value is -1.22. The van der Waals surface area contributed by atoms with E-state index < -0.39 is 0 Å². The molecule has 1 unspecified atom stereocenters. The van der Waals surface area contributed by atoms with Gasteiger partial charge in [0.2, 0.25) is 0 Å². The van der Waals surface area contributed by atoms with Gasteiger partial charge in [0.15, 0.2) is 0 Å². The van der Waals surface area contributed by atoms with E-state index in [2.05, 4.69) is 44.4 Å². The summed E-state index contributed by atoms with van der Waals surface area (Å²) in [5.74, 6) is 1.62. The first-order valence-corrected chi connectivity index (χ1v) is 7.08. The number of rotatable bonds is 7. The number of hydrogen-bond donors (Lipinski definition) is 2. The molecular weight excluding hydrogens is 236 g/mol. The Morgan fingerprint density at radius 2 is 1.84 bits per heavy atom. The van der Waals surface area contributed by atoms with Crippen LogP contribution < -0.4 is 15.4 Å². The minimum atomic E-state index is 0.635. The highest BCUT2D eigenvalue weighted by Gasteiger charge is 2.13. The molecule has 0 heterocycles. The van der Waals surface area contributed by atoms with Crippen molar-refractivity contribution in [1.29, 1.82) is 0 Å². The fourth-order valence-electron chi connectivity index (χ4n) is 2.42. The van der Waals surface area contributed by atoms with Gasteiger partial charge in [0.1, 0.15) is 5.75 Å². The van der Waals surface area contributed by atoms with Crippen LogP contribution in [-0.4, -0.2) is 27.2 Å². The van der Waals surface area contributed by atoms with Crippen LogP contribution in [-0.2, 0) is 0 Å². The number of benzene rings is 1. The Morgan fingerprint density at radius 1 is 1.16 bits per heavy atom. The summed E-state index contributed by atoms with van der Waals surface area (Å²) < 4.78 is 5.59. The van der Waals surface area contributed by atoms with Crippen LogP contribution in [0.4, 0.5) is 5.69 Å². The minimum absolute atomic E-state index is 0.635. The van der Waals surface area contributed by atoms with Crippen LogP contribution in [0.2, 0.25) is 0 Å². The van der Waals surface area contributed by atoms with Gasteiger partial charge in [-0.2, -0.15) is 0 Å². The molecule has 0 spiro atoms. The normalized spacial score (nSPS) is 12.3. The Balaban J connectivity index is 2.91. The summed E-state index contributed by atoms with van der Waals surface area (Å²) >= 11 is 0. The second-order valence-corrected chi connectivity index (χ2v) is 5.26. The third-order valence-corrected chi connectivity index (χ3v) is 3.83. The predicted molar refractivity (Wildman–Crippen MR) is 83.4 cm³/mol. The van der Waals surface area contributed by atoms with Gasteiger partial charge in [-0.15, -0.1) is 0 Å². The molecule has 19 heavy (non-hydrogen) atoms. The zero-order valence-corrected chi connectivity index (χ0v) is 13.2. The third kappa shape index (κ3) is 3.87. The Kier molecular flexibility index (Phi) is 6.16. The molecule has 0 saturated heterocycles. The van der Waals surface area contributed by atoms with Crippen molar-refractivity contribution in [3.05, 3.63) is 22.8 Å².